The Labute approximate surface area is 104 Å². The smallest absolute Gasteiger partial charge is 0.101 e. The summed E-state index contributed by atoms with van der Waals surface area (Å²) >= 11 is 0. The second-order valence-corrected chi connectivity index (χ2v) is 3.67. The zero-order valence-electron chi connectivity index (χ0n) is 9.54. The molecule has 0 aliphatic rings. The molecule has 0 amide bonds. The highest BCUT2D eigenvalue weighted by Gasteiger charge is 1.99. The Bertz CT molecular complexity index is 623. The normalized spacial score (nSPS) is 10.4. The summed E-state index contributed by atoms with van der Waals surface area (Å²) in [7, 11) is 0. The molecule has 2 rings (SSSR count). The van der Waals surface area contributed by atoms with Crippen LogP contribution in [0.4, 0.5) is 22.7 Å². The van der Waals surface area contributed by atoms with E-state index in [2.05, 4.69) is 10.2 Å². The molecule has 2 aromatic rings. The molecule has 0 unspecified atom stereocenters. The van der Waals surface area contributed by atoms with E-state index in [0.717, 1.165) is 0 Å². The minimum absolute atomic E-state index is 0.392. The van der Waals surface area contributed by atoms with Gasteiger partial charge in [-0.3, -0.25) is 0 Å². The molecule has 0 fully saturated rings. The largest absolute Gasteiger partial charge is 0.399 e. The van der Waals surface area contributed by atoms with Crippen LogP contribution >= 0.6 is 0 Å². The lowest BCUT2D eigenvalue weighted by molar-refractivity contribution is 1.23. The number of hydrogen-bond acceptors (Lipinski definition) is 5. The number of nitrogen functional groups attached to an aromatic ring is 2. The van der Waals surface area contributed by atoms with Gasteiger partial charge in [0.25, 0.3) is 0 Å². The number of hydrogen-bond donors (Lipinski definition) is 2. The lowest BCUT2D eigenvalue weighted by Crippen LogP contribution is -1.88. The van der Waals surface area contributed by atoms with Crippen LogP contribution in [0.1, 0.15) is 5.56 Å². The molecule has 0 spiro atoms. The third-order valence-electron chi connectivity index (χ3n) is 2.33. The highest BCUT2D eigenvalue weighted by Crippen LogP contribution is 2.22. The first-order chi connectivity index (χ1) is 8.69. The lowest BCUT2D eigenvalue weighted by Gasteiger charge is -1.98. The van der Waals surface area contributed by atoms with Gasteiger partial charge in [-0.1, -0.05) is 0 Å². The van der Waals surface area contributed by atoms with Gasteiger partial charge in [0.1, 0.15) is 6.07 Å². The molecular formula is C13H11N5. The maximum Gasteiger partial charge on any atom is 0.101 e. The number of nitrogens with two attached hydrogens (primary N) is 2. The first-order valence-corrected chi connectivity index (χ1v) is 5.26. The molecule has 0 bridgehead atoms. The summed E-state index contributed by atoms with van der Waals surface area (Å²) in [5.41, 5.74) is 14.0. The van der Waals surface area contributed by atoms with Crippen molar-refractivity contribution >= 4 is 22.7 Å². The van der Waals surface area contributed by atoms with Gasteiger partial charge in [0.05, 0.1) is 16.9 Å². The van der Waals surface area contributed by atoms with Crippen molar-refractivity contribution in [2.75, 3.05) is 11.5 Å². The molecule has 88 valence electrons. The summed E-state index contributed by atoms with van der Waals surface area (Å²) in [6.07, 6.45) is 0. The SMILES string of the molecule is N#Cc1cc(N=Nc2ccc(N)cc2)ccc1N. The monoisotopic (exact) mass is 237 g/mol. The fourth-order valence-corrected chi connectivity index (χ4v) is 1.36. The summed E-state index contributed by atoms with van der Waals surface area (Å²) in [5, 5.41) is 16.9. The fraction of sp³-hybridized carbons (Fsp3) is 0. The molecule has 0 saturated carbocycles. The Morgan fingerprint density at radius 1 is 0.889 bits per heavy atom. The summed E-state index contributed by atoms with van der Waals surface area (Å²) < 4.78 is 0. The predicted octanol–water partition coefficient (Wildman–Crippen LogP) is 3.14. The van der Waals surface area contributed by atoms with Gasteiger partial charge in [-0.25, -0.2) is 0 Å². The molecule has 18 heavy (non-hydrogen) atoms. The van der Waals surface area contributed by atoms with Crippen LogP contribution in [-0.4, -0.2) is 0 Å². The van der Waals surface area contributed by atoms with Crippen LogP contribution in [0.2, 0.25) is 0 Å². The first kappa shape index (κ1) is 11.6. The molecule has 4 N–H and O–H groups in total. The van der Waals surface area contributed by atoms with Crippen LogP contribution in [0.5, 0.6) is 0 Å². The van der Waals surface area contributed by atoms with Crippen molar-refractivity contribution in [2.45, 2.75) is 0 Å². The van der Waals surface area contributed by atoms with E-state index in [-0.39, 0.29) is 0 Å². The van der Waals surface area contributed by atoms with Crippen molar-refractivity contribution in [2.24, 2.45) is 10.2 Å². The highest BCUT2D eigenvalue weighted by atomic mass is 15.1. The predicted molar refractivity (Wildman–Crippen MR) is 70.6 cm³/mol. The highest BCUT2D eigenvalue weighted by molar-refractivity contribution is 5.60. The van der Waals surface area contributed by atoms with Gasteiger partial charge < -0.3 is 11.5 Å². The molecule has 2 aromatic carbocycles. The Balaban J connectivity index is 2.24. The van der Waals surface area contributed by atoms with Gasteiger partial charge in [-0.2, -0.15) is 15.5 Å². The van der Waals surface area contributed by atoms with Crippen molar-refractivity contribution in [1.29, 1.82) is 5.26 Å². The van der Waals surface area contributed by atoms with Crippen molar-refractivity contribution < 1.29 is 0 Å². The Morgan fingerprint density at radius 2 is 1.50 bits per heavy atom. The van der Waals surface area contributed by atoms with E-state index in [1.54, 1.807) is 42.5 Å². The average molecular weight is 237 g/mol. The van der Waals surface area contributed by atoms with Gasteiger partial charge in [0.15, 0.2) is 0 Å². The molecule has 0 heterocycles. The van der Waals surface area contributed by atoms with E-state index in [1.165, 1.54) is 0 Å². The van der Waals surface area contributed by atoms with Crippen molar-refractivity contribution in [1.82, 2.24) is 0 Å². The standard InChI is InChI=1S/C13H11N5/c14-8-9-7-12(5-6-13(9)16)18-17-11-3-1-10(15)2-4-11/h1-7H,15-16H2. The summed E-state index contributed by atoms with van der Waals surface area (Å²) in [4.78, 5) is 0. The number of rotatable bonds is 2. The fourth-order valence-electron chi connectivity index (χ4n) is 1.36. The van der Waals surface area contributed by atoms with Gasteiger partial charge >= 0.3 is 0 Å². The van der Waals surface area contributed by atoms with Crippen LogP contribution < -0.4 is 11.5 Å². The molecule has 0 aliphatic carbocycles. The minimum atomic E-state index is 0.392. The van der Waals surface area contributed by atoms with Gasteiger partial charge in [-0.05, 0) is 42.5 Å². The Kier molecular flexibility index (Phi) is 3.21. The van der Waals surface area contributed by atoms with Crippen LogP contribution in [0, 0.1) is 11.3 Å². The van der Waals surface area contributed by atoms with Crippen molar-refractivity contribution in [3.63, 3.8) is 0 Å². The van der Waals surface area contributed by atoms with E-state index in [0.29, 0.717) is 28.3 Å². The van der Waals surface area contributed by atoms with Crippen molar-refractivity contribution in [3.05, 3.63) is 48.0 Å². The third-order valence-corrected chi connectivity index (χ3v) is 2.33. The number of anilines is 2. The second kappa shape index (κ2) is 4.97. The van der Waals surface area contributed by atoms with Crippen LogP contribution in [0.25, 0.3) is 0 Å². The lowest BCUT2D eigenvalue weighted by atomic mass is 10.2. The topological polar surface area (TPSA) is 101 Å². The molecular weight excluding hydrogens is 226 g/mol. The molecule has 0 aliphatic heterocycles. The summed E-state index contributed by atoms with van der Waals surface area (Å²) in [5.74, 6) is 0. The minimum Gasteiger partial charge on any atom is -0.399 e. The van der Waals surface area contributed by atoms with E-state index < -0.39 is 0 Å². The zero-order chi connectivity index (χ0) is 13.0. The maximum atomic E-state index is 8.84. The molecule has 5 nitrogen and oxygen atoms in total. The third kappa shape index (κ3) is 2.62. The van der Waals surface area contributed by atoms with E-state index >= 15 is 0 Å². The number of nitriles is 1. The van der Waals surface area contributed by atoms with Gasteiger partial charge in [0, 0.05) is 11.4 Å². The second-order valence-electron chi connectivity index (χ2n) is 3.67. The molecule has 0 radical (unpaired) electrons. The average Bonchev–Trinajstić information content (AvgIpc) is 2.39. The number of nitrogens with zero attached hydrogens (tertiary/aromatic N) is 3. The number of benzene rings is 2. The summed E-state index contributed by atoms with van der Waals surface area (Å²) in [6.45, 7) is 0. The van der Waals surface area contributed by atoms with Gasteiger partial charge in [-0.15, -0.1) is 0 Å². The number of azo groups is 1. The van der Waals surface area contributed by atoms with E-state index in [1.807, 2.05) is 6.07 Å². The van der Waals surface area contributed by atoms with E-state index in [9.17, 15) is 0 Å². The van der Waals surface area contributed by atoms with Crippen LogP contribution in [0.15, 0.2) is 52.7 Å². The maximum absolute atomic E-state index is 8.84. The molecule has 5 heteroatoms. The molecule has 0 saturated heterocycles. The van der Waals surface area contributed by atoms with E-state index in [4.69, 9.17) is 16.7 Å². The zero-order valence-corrected chi connectivity index (χ0v) is 9.54. The van der Waals surface area contributed by atoms with Gasteiger partial charge in [0.2, 0.25) is 0 Å². The first-order valence-electron chi connectivity index (χ1n) is 5.26. The molecule has 0 atom stereocenters. The quantitative estimate of drug-likeness (QED) is 0.619. The summed E-state index contributed by atoms with van der Waals surface area (Å²) in [6, 6.07) is 14.0. The Morgan fingerprint density at radius 3 is 2.17 bits per heavy atom. The molecule has 0 aromatic heterocycles. The van der Waals surface area contributed by atoms with Crippen LogP contribution in [-0.2, 0) is 0 Å². The Hall–Kier alpha value is -2.87. The van der Waals surface area contributed by atoms with Crippen LogP contribution in [0.3, 0.4) is 0 Å². The van der Waals surface area contributed by atoms with Crippen molar-refractivity contribution in [3.8, 4) is 6.07 Å².